The molecule has 3 heteroatoms. The van der Waals surface area contributed by atoms with Crippen LogP contribution in [0.2, 0.25) is 0 Å². The van der Waals surface area contributed by atoms with Crippen LogP contribution in [0.25, 0.3) is 0 Å². The molecule has 1 heterocycles. The van der Waals surface area contributed by atoms with Crippen LogP contribution in [0, 0.1) is 0 Å². The van der Waals surface area contributed by atoms with Gasteiger partial charge in [0.1, 0.15) is 6.29 Å². The van der Waals surface area contributed by atoms with E-state index in [9.17, 15) is 4.79 Å². The van der Waals surface area contributed by atoms with Gasteiger partial charge in [0, 0.05) is 13.1 Å². The molecule has 3 nitrogen and oxygen atoms in total. The van der Waals surface area contributed by atoms with Crippen LogP contribution >= 0.6 is 0 Å². The quantitative estimate of drug-likeness (QED) is 0.381. The molecule has 0 aliphatic carbocycles. The Morgan fingerprint density at radius 3 is 2.29 bits per heavy atom. The lowest BCUT2D eigenvalue weighted by molar-refractivity contribution is -0.104. The number of nitrogens with zero attached hydrogens (tertiary/aromatic N) is 1. The average Bonchev–Trinajstić information content (AvgIpc) is 2.25. The molecule has 14 heavy (non-hydrogen) atoms. The number of hydrogen-bond acceptors (Lipinski definition) is 3. The number of carbonyl (C=O) groups excluding carboxylic acids is 1. The summed E-state index contributed by atoms with van der Waals surface area (Å²) in [5.74, 6) is 0. The van der Waals surface area contributed by atoms with Crippen LogP contribution in [-0.2, 0) is 9.53 Å². The molecule has 0 aromatic rings. The number of ether oxygens (including phenoxy) is 1. The second-order valence-electron chi connectivity index (χ2n) is 2.90. The molecule has 0 saturated carbocycles. The molecular formula is C11H15NO2. The van der Waals surface area contributed by atoms with E-state index in [1.807, 2.05) is 24.4 Å². The molecule has 0 radical (unpaired) electrons. The van der Waals surface area contributed by atoms with Crippen molar-refractivity contribution in [3.8, 4) is 0 Å². The van der Waals surface area contributed by atoms with Gasteiger partial charge in [-0.25, -0.2) is 0 Å². The lowest BCUT2D eigenvalue weighted by Gasteiger charge is -2.24. The van der Waals surface area contributed by atoms with Gasteiger partial charge in [0.2, 0.25) is 0 Å². The zero-order valence-corrected chi connectivity index (χ0v) is 8.13. The first kappa shape index (κ1) is 10.7. The summed E-state index contributed by atoms with van der Waals surface area (Å²) in [5.41, 5.74) is 0. The van der Waals surface area contributed by atoms with E-state index in [-0.39, 0.29) is 0 Å². The van der Waals surface area contributed by atoms with Crippen LogP contribution in [0.15, 0.2) is 36.6 Å². The second-order valence-corrected chi connectivity index (χ2v) is 2.90. The molecule has 0 bridgehead atoms. The van der Waals surface area contributed by atoms with E-state index in [1.54, 1.807) is 6.08 Å². The lowest BCUT2D eigenvalue weighted by atomic mass is 10.4. The molecule has 1 aliphatic heterocycles. The molecule has 0 unspecified atom stereocenters. The molecule has 0 amide bonds. The minimum atomic E-state index is 0.760. The molecular weight excluding hydrogens is 178 g/mol. The number of hydrogen-bond donors (Lipinski definition) is 0. The summed E-state index contributed by atoms with van der Waals surface area (Å²) in [5, 5.41) is 0. The molecule has 1 rings (SSSR count). The van der Waals surface area contributed by atoms with Crippen LogP contribution in [0.4, 0.5) is 0 Å². The van der Waals surface area contributed by atoms with Gasteiger partial charge in [0.25, 0.3) is 0 Å². The van der Waals surface area contributed by atoms with Gasteiger partial charge in [-0.05, 0) is 18.4 Å². The normalized spacial score (nSPS) is 18.7. The third kappa shape index (κ3) is 4.62. The van der Waals surface area contributed by atoms with E-state index < -0.39 is 0 Å². The van der Waals surface area contributed by atoms with Crippen LogP contribution in [0.5, 0.6) is 0 Å². The Kier molecular flexibility index (Phi) is 5.43. The van der Waals surface area contributed by atoms with Crippen molar-refractivity contribution in [3.05, 3.63) is 36.6 Å². The highest BCUT2D eigenvalue weighted by atomic mass is 16.5. The molecule has 0 spiro atoms. The van der Waals surface area contributed by atoms with Crippen molar-refractivity contribution in [2.24, 2.45) is 0 Å². The van der Waals surface area contributed by atoms with Gasteiger partial charge < -0.3 is 9.64 Å². The summed E-state index contributed by atoms with van der Waals surface area (Å²) in [6.45, 7) is 3.52. The molecule has 1 fully saturated rings. The number of carbonyl (C=O) groups is 1. The van der Waals surface area contributed by atoms with Crippen molar-refractivity contribution < 1.29 is 9.53 Å². The maximum atomic E-state index is 9.92. The Bertz CT molecular complexity index is 238. The number of rotatable bonds is 4. The van der Waals surface area contributed by atoms with Gasteiger partial charge >= 0.3 is 0 Å². The van der Waals surface area contributed by atoms with E-state index >= 15 is 0 Å². The lowest BCUT2D eigenvalue weighted by Crippen LogP contribution is -2.31. The molecule has 0 aromatic carbocycles. The highest BCUT2D eigenvalue weighted by Gasteiger charge is 2.03. The zero-order chi connectivity index (χ0) is 10.1. The predicted molar refractivity (Wildman–Crippen MR) is 55.9 cm³/mol. The van der Waals surface area contributed by atoms with Gasteiger partial charge in [0.05, 0.1) is 13.2 Å². The van der Waals surface area contributed by atoms with Crippen LogP contribution in [0.1, 0.15) is 0 Å². The molecule has 0 atom stereocenters. The maximum Gasteiger partial charge on any atom is 0.142 e. The number of morpholine rings is 1. The third-order valence-electron chi connectivity index (χ3n) is 1.87. The first-order valence-corrected chi connectivity index (χ1v) is 4.70. The summed E-state index contributed by atoms with van der Waals surface area (Å²) in [4.78, 5) is 12.1. The molecule has 0 aromatic heterocycles. The smallest absolute Gasteiger partial charge is 0.142 e. The Balaban J connectivity index is 2.21. The molecule has 1 aliphatic rings. The van der Waals surface area contributed by atoms with E-state index in [4.69, 9.17) is 4.74 Å². The van der Waals surface area contributed by atoms with Crippen LogP contribution in [0.3, 0.4) is 0 Å². The van der Waals surface area contributed by atoms with Crippen LogP contribution < -0.4 is 0 Å². The van der Waals surface area contributed by atoms with Gasteiger partial charge in [-0.3, -0.25) is 4.79 Å². The van der Waals surface area contributed by atoms with Crippen LogP contribution in [-0.4, -0.2) is 37.5 Å². The third-order valence-corrected chi connectivity index (χ3v) is 1.87. The minimum Gasteiger partial charge on any atom is -0.378 e. The van der Waals surface area contributed by atoms with Crippen molar-refractivity contribution in [3.63, 3.8) is 0 Å². The van der Waals surface area contributed by atoms with Crippen molar-refractivity contribution in [2.45, 2.75) is 0 Å². The molecule has 0 N–H and O–H groups in total. The Labute approximate surface area is 84.3 Å². The molecule has 1 saturated heterocycles. The minimum absolute atomic E-state index is 0.760. The van der Waals surface area contributed by atoms with Crippen molar-refractivity contribution >= 4 is 6.29 Å². The van der Waals surface area contributed by atoms with Gasteiger partial charge in [-0.15, -0.1) is 0 Å². The Morgan fingerprint density at radius 1 is 0.929 bits per heavy atom. The number of aldehydes is 1. The SMILES string of the molecule is O=C/C=C/C=C/C=C/N1CCOCC1. The Morgan fingerprint density at radius 2 is 1.57 bits per heavy atom. The number of allylic oxidation sites excluding steroid dienone is 5. The maximum absolute atomic E-state index is 9.92. The van der Waals surface area contributed by atoms with E-state index in [0.29, 0.717) is 0 Å². The van der Waals surface area contributed by atoms with E-state index in [1.165, 1.54) is 6.08 Å². The first-order chi connectivity index (χ1) is 6.93. The monoisotopic (exact) mass is 193 g/mol. The largest absolute Gasteiger partial charge is 0.378 e. The summed E-state index contributed by atoms with van der Waals surface area (Å²) in [6.07, 6.45) is 11.6. The predicted octanol–water partition coefficient (Wildman–Crippen LogP) is 1.14. The molecule has 76 valence electrons. The second kappa shape index (κ2) is 7.09. The van der Waals surface area contributed by atoms with E-state index in [0.717, 1.165) is 32.6 Å². The van der Waals surface area contributed by atoms with E-state index in [2.05, 4.69) is 4.90 Å². The highest BCUT2D eigenvalue weighted by molar-refractivity contribution is 5.65. The summed E-state index contributed by atoms with van der Waals surface area (Å²) < 4.78 is 5.22. The van der Waals surface area contributed by atoms with Gasteiger partial charge in [-0.2, -0.15) is 0 Å². The summed E-state index contributed by atoms with van der Waals surface area (Å²) in [6, 6.07) is 0. The standard InChI is InChI=1S/C11H15NO2/c13-9-5-3-1-2-4-6-12-7-10-14-11-8-12/h1-6,9H,7-8,10-11H2/b2-1+,5-3+,6-4+. The summed E-state index contributed by atoms with van der Waals surface area (Å²) in [7, 11) is 0. The summed E-state index contributed by atoms with van der Waals surface area (Å²) >= 11 is 0. The van der Waals surface area contributed by atoms with Crippen molar-refractivity contribution in [1.29, 1.82) is 0 Å². The fraction of sp³-hybridized carbons (Fsp3) is 0.364. The van der Waals surface area contributed by atoms with Crippen molar-refractivity contribution in [2.75, 3.05) is 26.3 Å². The zero-order valence-electron chi connectivity index (χ0n) is 8.13. The fourth-order valence-corrected chi connectivity index (χ4v) is 1.14. The van der Waals surface area contributed by atoms with Gasteiger partial charge in [0.15, 0.2) is 0 Å². The average molecular weight is 193 g/mol. The van der Waals surface area contributed by atoms with Gasteiger partial charge in [-0.1, -0.05) is 18.2 Å². The first-order valence-electron chi connectivity index (χ1n) is 4.70. The van der Waals surface area contributed by atoms with Crippen molar-refractivity contribution in [1.82, 2.24) is 4.90 Å². The Hall–Kier alpha value is -1.35. The fourth-order valence-electron chi connectivity index (χ4n) is 1.14. The topological polar surface area (TPSA) is 29.5 Å². The highest BCUT2D eigenvalue weighted by Crippen LogP contribution is 1.97.